The Bertz CT molecular complexity index is 2470. The first-order valence-corrected chi connectivity index (χ1v) is 19.2. The molecule has 0 radical (unpaired) electrons. The van der Waals surface area contributed by atoms with Crippen molar-refractivity contribution in [2.75, 3.05) is 4.90 Å². The number of hydrogen-bond donors (Lipinski definition) is 0. The van der Waals surface area contributed by atoms with E-state index in [4.69, 9.17) is 14.7 Å². The van der Waals surface area contributed by atoms with Gasteiger partial charge < -0.3 is 9.64 Å². The highest BCUT2D eigenvalue weighted by molar-refractivity contribution is 6.02. The predicted molar refractivity (Wildman–Crippen MR) is 221 cm³/mol. The van der Waals surface area contributed by atoms with Gasteiger partial charge in [0.2, 0.25) is 0 Å². The summed E-state index contributed by atoms with van der Waals surface area (Å²) < 4.78 is 6.92. The molecular weight excluding hydrogens is 661 g/mol. The van der Waals surface area contributed by atoms with Gasteiger partial charge in [-0.05, 0) is 101 Å². The van der Waals surface area contributed by atoms with Crippen molar-refractivity contribution < 1.29 is 4.74 Å². The lowest BCUT2D eigenvalue weighted by molar-refractivity contribution is 0.341. The van der Waals surface area contributed by atoms with E-state index < -0.39 is 0 Å². The third-order valence-electron chi connectivity index (χ3n) is 11.8. The van der Waals surface area contributed by atoms with Gasteiger partial charge >= 0.3 is 0 Å². The molecule has 0 fully saturated rings. The highest BCUT2D eigenvalue weighted by Gasteiger charge is 2.44. The molecule has 9 rings (SSSR count). The topological polar surface area (TPSA) is 41.0 Å². The lowest BCUT2D eigenvalue weighted by Gasteiger charge is -2.41. The summed E-state index contributed by atoms with van der Waals surface area (Å²) in [5.74, 6) is 3.61. The van der Waals surface area contributed by atoms with Gasteiger partial charge in [0, 0.05) is 35.3 Å². The second-order valence-corrected chi connectivity index (χ2v) is 16.9. The van der Waals surface area contributed by atoms with E-state index >= 15 is 0 Å². The molecule has 270 valence electrons. The van der Waals surface area contributed by atoms with E-state index in [9.17, 15) is 0 Å². The van der Waals surface area contributed by atoms with E-state index in [-0.39, 0.29) is 22.9 Å². The SMILES string of the molecule is Cc1cc(Oc2cc(C3=N[C@H](c4ccccc4)[C@@H]4c5ccccc5CN34)c(C)cc2C)cc(N2c3ccc(C(C)(C)C)cc3C(C)(C)c3cccnc32)c1. The zero-order chi connectivity index (χ0) is 37.5. The summed E-state index contributed by atoms with van der Waals surface area (Å²) >= 11 is 0. The van der Waals surface area contributed by atoms with Crippen molar-refractivity contribution in [2.24, 2.45) is 4.99 Å². The molecule has 3 aliphatic heterocycles. The largest absolute Gasteiger partial charge is 0.457 e. The molecule has 4 heterocycles. The summed E-state index contributed by atoms with van der Waals surface area (Å²) in [5, 5.41) is 0. The minimum absolute atomic E-state index is 0.0163. The number of ether oxygens (including phenoxy) is 1. The molecule has 3 aliphatic rings. The van der Waals surface area contributed by atoms with Gasteiger partial charge in [0.1, 0.15) is 29.2 Å². The Morgan fingerprint density at radius 3 is 2.33 bits per heavy atom. The lowest BCUT2D eigenvalue weighted by Crippen LogP contribution is -2.32. The average Bonchev–Trinajstić information content (AvgIpc) is 3.70. The zero-order valence-electron chi connectivity index (χ0n) is 32.6. The van der Waals surface area contributed by atoms with Gasteiger partial charge in [-0.2, -0.15) is 0 Å². The van der Waals surface area contributed by atoms with Crippen LogP contribution in [-0.2, 0) is 17.4 Å². The van der Waals surface area contributed by atoms with Gasteiger partial charge in [0.05, 0.1) is 17.4 Å². The van der Waals surface area contributed by atoms with Gasteiger partial charge in [-0.1, -0.05) is 113 Å². The fraction of sp³-hybridized carbons (Fsp3) is 0.265. The molecule has 0 amide bonds. The van der Waals surface area contributed by atoms with Crippen LogP contribution in [0.4, 0.5) is 17.2 Å². The van der Waals surface area contributed by atoms with E-state index in [1.165, 1.54) is 38.9 Å². The van der Waals surface area contributed by atoms with E-state index in [1.54, 1.807) is 0 Å². The highest BCUT2D eigenvalue weighted by Crippen LogP contribution is 2.53. The second kappa shape index (κ2) is 12.4. The molecule has 5 nitrogen and oxygen atoms in total. The van der Waals surface area contributed by atoms with Crippen LogP contribution in [-0.4, -0.2) is 15.7 Å². The van der Waals surface area contributed by atoms with Crippen molar-refractivity contribution in [2.45, 2.75) is 84.8 Å². The van der Waals surface area contributed by atoms with Gasteiger partial charge in [0.25, 0.3) is 0 Å². The smallest absolute Gasteiger partial charge is 0.141 e. The molecular formula is C49H48N4O. The van der Waals surface area contributed by atoms with Crippen LogP contribution in [0, 0.1) is 20.8 Å². The maximum atomic E-state index is 6.92. The monoisotopic (exact) mass is 708 g/mol. The number of benzene rings is 5. The Morgan fingerprint density at radius 1 is 0.759 bits per heavy atom. The fourth-order valence-electron chi connectivity index (χ4n) is 8.88. The third-order valence-corrected chi connectivity index (χ3v) is 11.8. The summed E-state index contributed by atoms with van der Waals surface area (Å²) in [5.41, 5.74) is 14.3. The second-order valence-electron chi connectivity index (χ2n) is 16.9. The van der Waals surface area contributed by atoms with Gasteiger partial charge in [0.15, 0.2) is 0 Å². The number of rotatable bonds is 5. The minimum Gasteiger partial charge on any atom is -0.457 e. The molecule has 0 N–H and O–H groups in total. The molecule has 5 heteroatoms. The van der Waals surface area contributed by atoms with E-state index in [0.29, 0.717) is 0 Å². The normalized spacial score (nSPS) is 18.1. The van der Waals surface area contributed by atoms with Crippen molar-refractivity contribution in [3.05, 3.63) is 177 Å². The highest BCUT2D eigenvalue weighted by atomic mass is 16.5. The number of anilines is 3. The zero-order valence-corrected chi connectivity index (χ0v) is 32.6. The van der Waals surface area contributed by atoms with Crippen LogP contribution < -0.4 is 9.64 Å². The van der Waals surface area contributed by atoms with Gasteiger partial charge in [-0.3, -0.25) is 9.89 Å². The molecule has 6 aromatic rings. The van der Waals surface area contributed by atoms with E-state index in [1.807, 2.05) is 6.20 Å². The summed E-state index contributed by atoms with van der Waals surface area (Å²) in [6.07, 6.45) is 1.90. The lowest BCUT2D eigenvalue weighted by atomic mass is 9.72. The first-order chi connectivity index (χ1) is 25.9. The molecule has 2 atom stereocenters. The number of pyridine rings is 1. The molecule has 0 saturated heterocycles. The van der Waals surface area contributed by atoms with E-state index in [0.717, 1.165) is 57.8 Å². The predicted octanol–water partition coefficient (Wildman–Crippen LogP) is 12.3. The quantitative estimate of drug-likeness (QED) is 0.179. The van der Waals surface area contributed by atoms with Crippen molar-refractivity contribution in [3.8, 4) is 11.5 Å². The summed E-state index contributed by atoms with van der Waals surface area (Å²) in [4.78, 5) is 15.3. The number of fused-ring (bicyclic) bond motifs is 5. The molecule has 1 aromatic heterocycles. The summed E-state index contributed by atoms with van der Waals surface area (Å²) in [6.45, 7) is 18.8. The Kier molecular flexibility index (Phi) is 7.86. The number of nitrogens with zero attached hydrogens (tertiary/aromatic N) is 4. The first kappa shape index (κ1) is 34.1. The molecule has 0 saturated carbocycles. The van der Waals surface area contributed by atoms with Gasteiger partial charge in [-0.25, -0.2) is 4.98 Å². The van der Waals surface area contributed by atoms with Crippen LogP contribution in [0.2, 0.25) is 0 Å². The number of hydrogen-bond acceptors (Lipinski definition) is 5. The number of aliphatic imine (C=N–C) groups is 1. The standard InChI is InChI=1S/C49H48N4O/c1-30-23-36(53-42-21-20-35(48(4,5)6)26-41(42)49(7,8)40-19-14-22-50-47(40)53)27-37(24-30)54-43-28-39(31(2)25-32(43)3)46-51-44(33-15-10-9-11-16-33)45-38-18-13-12-17-34(38)29-52(45)46/h9-28,44-45H,29H2,1-8H3/t44-,45+/m1/s1. The maximum Gasteiger partial charge on any atom is 0.141 e. The van der Waals surface area contributed by atoms with Crippen molar-refractivity contribution in [1.82, 2.24) is 9.88 Å². The number of aromatic nitrogens is 1. The van der Waals surface area contributed by atoms with Gasteiger partial charge in [-0.15, -0.1) is 0 Å². The minimum atomic E-state index is -0.215. The Labute approximate surface area is 320 Å². The Hall–Kier alpha value is -5.68. The maximum absolute atomic E-state index is 6.92. The van der Waals surface area contributed by atoms with Crippen LogP contribution in [0.5, 0.6) is 11.5 Å². The molecule has 5 aromatic carbocycles. The van der Waals surface area contributed by atoms with Crippen molar-refractivity contribution >= 4 is 23.0 Å². The summed E-state index contributed by atoms with van der Waals surface area (Å²) in [6, 6.07) is 42.0. The van der Waals surface area contributed by atoms with Crippen LogP contribution in [0.3, 0.4) is 0 Å². The van der Waals surface area contributed by atoms with Crippen LogP contribution in [0.1, 0.15) is 102 Å². The molecule has 0 aliphatic carbocycles. The first-order valence-electron chi connectivity index (χ1n) is 19.2. The van der Waals surface area contributed by atoms with Crippen molar-refractivity contribution in [1.29, 1.82) is 0 Å². The van der Waals surface area contributed by atoms with Crippen LogP contribution >= 0.6 is 0 Å². The number of amidine groups is 1. The van der Waals surface area contributed by atoms with E-state index in [2.05, 4.69) is 180 Å². The van der Waals surface area contributed by atoms with Crippen LogP contribution in [0.25, 0.3) is 0 Å². The molecule has 0 bridgehead atoms. The number of aryl methyl sites for hydroxylation is 3. The summed E-state index contributed by atoms with van der Waals surface area (Å²) in [7, 11) is 0. The third kappa shape index (κ3) is 5.52. The Balaban J connectivity index is 1.12. The van der Waals surface area contributed by atoms with Crippen molar-refractivity contribution in [3.63, 3.8) is 0 Å². The molecule has 0 unspecified atom stereocenters. The molecule has 0 spiro atoms. The average molecular weight is 709 g/mol. The molecule has 54 heavy (non-hydrogen) atoms. The van der Waals surface area contributed by atoms with Crippen LogP contribution in [0.15, 0.2) is 126 Å². The fourth-order valence-corrected chi connectivity index (χ4v) is 8.88. The Morgan fingerprint density at radius 2 is 1.54 bits per heavy atom.